The van der Waals surface area contributed by atoms with Gasteiger partial charge >= 0.3 is 0 Å². The van der Waals surface area contributed by atoms with Crippen molar-refractivity contribution in [3.05, 3.63) is 60.2 Å². The topological polar surface area (TPSA) is 76.2 Å². The highest BCUT2D eigenvalue weighted by molar-refractivity contribution is 7.89. The van der Waals surface area contributed by atoms with Gasteiger partial charge in [0.1, 0.15) is 5.75 Å². The lowest BCUT2D eigenvalue weighted by Crippen LogP contribution is -2.51. The van der Waals surface area contributed by atoms with Gasteiger partial charge in [-0.3, -0.25) is 4.79 Å². The van der Waals surface area contributed by atoms with Gasteiger partial charge in [0.25, 0.3) is 0 Å². The number of amides is 1. The number of hydrogen-bond acceptors (Lipinski definition) is 5. The molecule has 7 nitrogen and oxygen atoms in total. The van der Waals surface area contributed by atoms with Crippen molar-refractivity contribution in [1.82, 2.24) is 9.21 Å². The number of aryl methyl sites for hydroxylation is 1. The molecule has 34 heavy (non-hydrogen) atoms. The average Bonchev–Trinajstić information content (AvgIpc) is 2.89. The molecule has 2 saturated heterocycles. The zero-order chi connectivity index (χ0) is 24.0. The number of morpholine rings is 1. The highest BCUT2D eigenvalue weighted by Crippen LogP contribution is 2.37. The van der Waals surface area contributed by atoms with Crippen molar-refractivity contribution in [3.8, 4) is 5.75 Å². The SMILES string of the molecule is CCc1ccc(S(=O)(=O)N2CCC[C@](COc3ccccc3)(CC(=O)N3CCOCC3)C2)cc1. The number of sulfonamides is 1. The molecular formula is C26H34N2O5S. The van der Waals surface area contributed by atoms with Crippen LogP contribution < -0.4 is 4.74 Å². The van der Waals surface area contributed by atoms with Crippen LogP contribution in [0.4, 0.5) is 0 Å². The molecular weight excluding hydrogens is 452 g/mol. The Kier molecular flexibility index (Phi) is 7.91. The third kappa shape index (κ3) is 5.79. The molecule has 0 aliphatic carbocycles. The predicted molar refractivity (Wildman–Crippen MR) is 130 cm³/mol. The van der Waals surface area contributed by atoms with E-state index in [1.165, 1.54) is 0 Å². The molecule has 2 aliphatic heterocycles. The minimum atomic E-state index is -3.67. The molecule has 0 saturated carbocycles. The first-order chi connectivity index (χ1) is 16.4. The molecule has 0 unspecified atom stereocenters. The minimum Gasteiger partial charge on any atom is -0.493 e. The second kappa shape index (κ2) is 10.9. The van der Waals surface area contributed by atoms with E-state index in [0.29, 0.717) is 44.2 Å². The smallest absolute Gasteiger partial charge is 0.243 e. The Hall–Kier alpha value is -2.42. The van der Waals surface area contributed by atoms with Gasteiger partial charge in [-0.1, -0.05) is 37.3 Å². The maximum atomic E-state index is 13.5. The van der Waals surface area contributed by atoms with Crippen molar-refractivity contribution in [2.45, 2.75) is 37.5 Å². The fourth-order valence-corrected chi connectivity index (χ4v) is 6.32. The number of piperidine rings is 1. The summed E-state index contributed by atoms with van der Waals surface area (Å²) in [5.74, 6) is 0.752. The maximum absolute atomic E-state index is 13.5. The lowest BCUT2D eigenvalue weighted by atomic mass is 9.78. The summed E-state index contributed by atoms with van der Waals surface area (Å²) < 4.78 is 40.1. The number of carbonyl (C=O) groups excluding carboxylic acids is 1. The number of hydrogen-bond donors (Lipinski definition) is 0. The molecule has 2 fully saturated rings. The monoisotopic (exact) mass is 486 g/mol. The van der Waals surface area contributed by atoms with E-state index >= 15 is 0 Å². The Labute approximate surface area is 202 Å². The first-order valence-electron chi connectivity index (χ1n) is 12.0. The molecule has 1 atom stereocenters. The third-order valence-electron chi connectivity index (χ3n) is 6.77. The number of benzene rings is 2. The quantitative estimate of drug-likeness (QED) is 0.572. The summed E-state index contributed by atoms with van der Waals surface area (Å²) in [5, 5.41) is 0. The lowest BCUT2D eigenvalue weighted by Gasteiger charge is -2.42. The van der Waals surface area contributed by atoms with E-state index in [9.17, 15) is 13.2 Å². The van der Waals surface area contributed by atoms with E-state index in [1.807, 2.05) is 54.3 Å². The molecule has 0 aromatic heterocycles. The Balaban J connectivity index is 1.56. The van der Waals surface area contributed by atoms with E-state index in [1.54, 1.807) is 16.4 Å². The van der Waals surface area contributed by atoms with E-state index in [4.69, 9.17) is 9.47 Å². The number of carbonyl (C=O) groups is 1. The highest BCUT2D eigenvalue weighted by Gasteiger charge is 2.43. The van der Waals surface area contributed by atoms with Gasteiger partial charge in [-0.15, -0.1) is 0 Å². The summed E-state index contributed by atoms with van der Waals surface area (Å²) in [6.45, 7) is 5.24. The molecule has 0 bridgehead atoms. The Bertz CT molecular complexity index is 1050. The van der Waals surface area contributed by atoms with Gasteiger partial charge < -0.3 is 14.4 Å². The summed E-state index contributed by atoms with van der Waals surface area (Å²) in [6.07, 6.45) is 2.52. The van der Waals surface area contributed by atoms with Gasteiger partial charge in [-0.25, -0.2) is 8.42 Å². The third-order valence-corrected chi connectivity index (χ3v) is 8.63. The van der Waals surface area contributed by atoms with Crippen LogP contribution in [-0.4, -0.2) is 69.5 Å². The van der Waals surface area contributed by atoms with Gasteiger partial charge in [0, 0.05) is 38.0 Å². The zero-order valence-corrected chi connectivity index (χ0v) is 20.6. The second-order valence-electron chi connectivity index (χ2n) is 9.21. The van der Waals surface area contributed by atoms with Gasteiger partial charge in [-0.05, 0) is 49.1 Å². The minimum absolute atomic E-state index is 0.0338. The average molecular weight is 487 g/mol. The molecule has 2 heterocycles. The summed E-state index contributed by atoms with van der Waals surface area (Å²) in [4.78, 5) is 15.3. The molecule has 0 N–H and O–H groups in total. The van der Waals surface area contributed by atoms with Gasteiger partial charge in [0.15, 0.2) is 0 Å². The molecule has 0 spiro atoms. The summed E-state index contributed by atoms with van der Waals surface area (Å²) in [7, 11) is -3.67. The van der Waals surface area contributed by atoms with E-state index in [-0.39, 0.29) is 25.5 Å². The Morgan fingerprint density at radius 2 is 1.74 bits per heavy atom. The van der Waals surface area contributed by atoms with Crippen LogP contribution >= 0.6 is 0 Å². The van der Waals surface area contributed by atoms with Crippen LogP contribution in [0, 0.1) is 5.41 Å². The molecule has 184 valence electrons. The standard InChI is InChI=1S/C26H34N2O5S/c1-2-22-9-11-24(12-10-22)34(30,31)28-14-6-13-26(20-28,21-33-23-7-4-3-5-8-23)19-25(29)27-15-17-32-18-16-27/h3-5,7-12H,2,6,13-21H2,1H3/t26-/m0/s1. The van der Waals surface area contributed by atoms with Gasteiger partial charge in [-0.2, -0.15) is 4.31 Å². The van der Waals surface area contributed by atoms with Crippen LogP contribution in [0.3, 0.4) is 0 Å². The van der Waals surface area contributed by atoms with Crippen molar-refractivity contribution in [3.63, 3.8) is 0 Å². The fraction of sp³-hybridized carbons (Fsp3) is 0.500. The predicted octanol–water partition coefficient (Wildman–Crippen LogP) is 3.35. The molecule has 1 amide bonds. The van der Waals surface area contributed by atoms with Crippen LogP contribution in [0.5, 0.6) is 5.75 Å². The number of para-hydroxylation sites is 1. The normalized spacial score (nSPS) is 21.9. The first-order valence-corrected chi connectivity index (χ1v) is 13.5. The van der Waals surface area contributed by atoms with Crippen LogP contribution in [0.2, 0.25) is 0 Å². The molecule has 2 aromatic rings. The van der Waals surface area contributed by atoms with Crippen LogP contribution in [0.25, 0.3) is 0 Å². The van der Waals surface area contributed by atoms with Crippen molar-refractivity contribution >= 4 is 15.9 Å². The van der Waals surface area contributed by atoms with Crippen molar-refractivity contribution in [1.29, 1.82) is 0 Å². The molecule has 2 aliphatic rings. The molecule has 0 radical (unpaired) electrons. The summed E-state index contributed by atoms with van der Waals surface area (Å²) >= 11 is 0. The van der Waals surface area contributed by atoms with E-state index in [0.717, 1.165) is 24.2 Å². The first kappa shape index (κ1) is 24.7. The number of nitrogens with zero attached hydrogens (tertiary/aromatic N) is 2. The zero-order valence-electron chi connectivity index (χ0n) is 19.8. The van der Waals surface area contributed by atoms with E-state index < -0.39 is 15.4 Å². The fourth-order valence-electron chi connectivity index (χ4n) is 4.73. The molecule has 8 heteroatoms. The summed E-state index contributed by atoms with van der Waals surface area (Å²) in [6, 6.07) is 16.6. The van der Waals surface area contributed by atoms with Crippen LogP contribution in [0.1, 0.15) is 31.7 Å². The van der Waals surface area contributed by atoms with Crippen molar-refractivity contribution in [2.75, 3.05) is 46.0 Å². The lowest BCUT2D eigenvalue weighted by molar-refractivity contribution is -0.139. The van der Waals surface area contributed by atoms with Crippen molar-refractivity contribution in [2.24, 2.45) is 5.41 Å². The van der Waals surface area contributed by atoms with E-state index in [2.05, 4.69) is 0 Å². The number of rotatable bonds is 8. The maximum Gasteiger partial charge on any atom is 0.243 e. The van der Waals surface area contributed by atoms with Crippen molar-refractivity contribution < 1.29 is 22.7 Å². The Morgan fingerprint density at radius 3 is 2.41 bits per heavy atom. The summed E-state index contributed by atoms with van der Waals surface area (Å²) in [5.41, 5.74) is 0.499. The molecule has 2 aromatic carbocycles. The number of ether oxygens (including phenoxy) is 2. The van der Waals surface area contributed by atoms with Gasteiger partial charge in [0.05, 0.1) is 24.7 Å². The second-order valence-corrected chi connectivity index (χ2v) is 11.1. The molecule has 4 rings (SSSR count). The highest BCUT2D eigenvalue weighted by atomic mass is 32.2. The van der Waals surface area contributed by atoms with Crippen LogP contribution in [-0.2, 0) is 26.0 Å². The largest absolute Gasteiger partial charge is 0.493 e. The Morgan fingerprint density at radius 1 is 1.03 bits per heavy atom. The van der Waals surface area contributed by atoms with Gasteiger partial charge in [0.2, 0.25) is 15.9 Å². The van der Waals surface area contributed by atoms with Crippen LogP contribution in [0.15, 0.2) is 59.5 Å².